The number of rotatable bonds is 7. The number of nitro groups is 1. The summed E-state index contributed by atoms with van der Waals surface area (Å²) in [6.45, 7) is 3.12. The molecule has 0 radical (unpaired) electrons. The zero-order chi connectivity index (χ0) is 25.2. The number of hydrogen-bond donors (Lipinski definition) is 0. The number of sulfonamides is 1. The van der Waals surface area contributed by atoms with Crippen LogP contribution in [0.2, 0.25) is 0 Å². The molecule has 0 aliphatic carbocycles. The van der Waals surface area contributed by atoms with Gasteiger partial charge in [-0.25, -0.2) is 8.42 Å². The van der Waals surface area contributed by atoms with Gasteiger partial charge in [0.15, 0.2) is 4.80 Å². The summed E-state index contributed by atoms with van der Waals surface area (Å²) in [5.74, 6) is -0.709. The lowest BCUT2D eigenvalue weighted by Gasteiger charge is -2.29. The van der Waals surface area contributed by atoms with Crippen LogP contribution in [0.25, 0.3) is 10.2 Å². The Balaban J connectivity index is 1.55. The largest absolute Gasteiger partial charge is 0.383 e. The first-order valence-corrected chi connectivity index (χ1v) is 13.4. The number of amides is 1. The van der Waals surface area contributed by atoms with Gasteiger partial charge in [-0.3, -0.25) is 14.9 Å². The third-order valence-corrected chi connectivity index (χ3v) is 9.04. The molecule has 1 aliphatic rings. The number of fused-ring (bicyclic) bond motifs is 1. The Kier molecular flexibility index (Phi) is 7.45. The number of aryl methyl sites for hydroxylation is 1. The predicted octanol–water partition coefficient (Wildman–Crippen LogP) is 3.09. The molecule has 1 aromatic heterocycles. The average Bonchev–Trinajstić information content (AvgIpc) is 3.18. The molecule has 0 saturated carbocycles. The Labute approximate surface area is 206 Å². The second kappa shape index (κ2) is 10.4. The standard InChI is InChI=1S/C23H26N4O6S2/c1-16-3-6-19(7-4-16)35(31,32)25-11-9-17(10-12-25)22(28)24-23-26(13-14-33-2)20-15-18(27(29)30)5-8-21(20)34-23/h3-8,15,17H,9-14H2,1-2H3. The van der Waals surface area contributed by atoms with Gasteiger partial charge in [-0.2, -0.15) is 9.30 Å². The van der Waals surface area contributed by atoms with Crippen LogP contribution in [-0.2, 0) is 26.1 Å². The zero-order valence-electron chi connectivity index (χ0n) is 19.4. The maximum atomic E-state index is 13.0. The molecule has 10 nitrogen and oxygen atoms in total. The van der Waals surface area contributed by atoms with Crippen LogP contribution in [0.3, 0.4) is 0 Å². The van der Waals surface area contributed by atoms with Crippen molar-refractivity contribution < 1.29 is 22.9 Å². The fourth-order valence-electron chi connectivity index (χ4n) is 4.04. The van der Waals surface area contributed by atoms with Gasteiger partial charge in [-0.15, -0.1) is 0 Å². The van der Waals surface area contributed by atoms with Crippen LogP contribution in [-0.4, -0.2) is 54.9 Å². The van der Waals surface area contributed by atoms with Crippen molar-refractivity contribution in [3.63, 3.8) is 0 Å². The highest BCUT2D eigenvalue weighted by Crippen LogP contribution is 2.26. The molecule has 2 aromatic carbocycles. The van der Waals surface area contributed by atoms with E-state index in [2.05, 4.69) is 4.99 Å². The van der Waals surface area contributed by atoms with Crippen LogP contribution in [0.15, 0.2) is 52.4 Å². The minimum Gasteiger partial charge on any atom is -0.383 e. The molecule has 12 heteroatoms. The minimum absolute atomic E-state index is 0.0403. The molecular formula is C23H26N4O6S2. The fraction of sp³-hybridized carbons (Fsp3) is 0.391. The highest BCUT2D eigenvalue weighted by Gasteiger charge is 2.32. The number of benzene rings is 2. The van der Waals surface area contributed by atoms with Crippen molar-refractivity contribution in [1.82, 2.24) is 8.87 Å². The van der Waals surface area contributed by atoms with E-state index >= 15 is 0 Å². The summed E-state index contributed by atoms with van der Waals surface area (Å²) in [6.07, 6.45) is 0.754. The third-order valence-electron chi connectivity index (χ3n) is 6.06. The predicted molar refractivity (Wildman–Crippen MR) is 132 cm³/mol. The van der Waals surface area contributed by atoms with Crippen LogP contribution >= 0.6 is 11.3 Å². The number of hydrogen-bond acceptors (Lipinski definition) is 7. The molecule has 0 atom stereocenters. The Morgan fingerprint density at radius 3 is 2.51 bits per heavy atom. The molecule has 1 aliphatic heterocycles. The van der Waals surface area contributed by atoms with Crippen molar-refractivity contribution in [2.75, 3.05) is 26.8 Å². The second-order valence-electron chi connectivity index (χ2n) is 8.38. The van der Waals surface area contributed by atoms with Gasteiger partial charge in [0.05, 0.1) is 26.6 Å². The average molecular weight is 519 g/mol. The van der Waals surface area contributed by atoms with E-state index in [0.717, 1.165) is 10.3 Å². The van der Waals surface area contributed by atoms with Gasteiger partial charge < -0.3 is 9.30 Å². The quantitative estimate of drug-likeness (QED) is 0.350. The van der Waals surface area contributed by atoms with Gasteiger partial charge in [0.25, 0.3) is 11.6 Å². The van der Waals surface area contributed by atoms with Crippen molar-refractivity contribution in [3.05, 3.63) is 62.9 Å². The van der Waals surface area contributed by atoms with E-state index in [1.807, 2.05) is 6.92 Å². The number of nitrogens with zero attached hydrogens (tertiary/aromatic N) is 4. The van der Waals surface area contributed by atoms with E-state index in [0.29, 0.717) is 36.3 Å². The molecule has 0 unspecified atom stereocenters. The third kappa shape index (κ3) is 5.35. The SMILES string of the molecule is COCCn1c(=NC(=O)C2CCN(S(=O)(=O)c3ccc(C)cc3)CC2)sc2ccc([N+](=O)[O-])cc21. The van der Waals surface area contributed by atoms with Crippen LogP contribution in [0.5, 0.6) is 0 Å². The van der Waals surface area contributed by atoms with E-state index < -0.39 is 20.9 Å². The number of non-ortho nitro benzene ring substituents is 1. The van der Waals surface area contributed by atoms with Gasteiger partial charge in [0.2, 0.25) is 10.0 Å². The summed E-state index contributed by atoms with van der Waals surface area (Å²) in [4.78, 5) is 28.8. The molecule has 186 valence electrons. The summed E-state index contributed by atoms with van der Waals surface area (Å²) in [5, 5.41) is 11.2. The normalized spacial score (nSPS) is 16.1. The minimum atomic E-state index is -3.61. The lowest BCUT2D eigenvalue weighted by atomic mass is 9.98. The highest BCUT2D eigenvalue weighted by atomic mass is 32.2. The van der Waals surface area contributed by atoms with Crippen molar-refractivity contribution in [2.45, 2.75) is 31.2 Å². The molecule has 35 heavy (non-hydrogen) atoms. The van der Waals surface area contributed by atoms with Crippen molar-refractivity contribution in [1.29, 1.82) is 0 Å². The first kappa shape index (κ1) is 25.2. The first-order chi connectivity index (χ1) is 16.7. The summed E-state index contributed by atoms with van der Waals surface area (Å²) in [6, 6.07) is 11.3. The number of ether oxygens (including phenoxy) is 1. The molecule has 0 N–H and O–H groups in total. The van der Waals surface area contributed by atoms with Crippen LogP contribution < -0.4 is 4.80 Å². The van der Waals surface area contributed by atoms with E-state index in [4.69, 9.17) is 4.74 Å². The van der Waals surface area contributed by atoms with Gasteiger partial charge in [0, 0.05) is 44.8 Å². The van der Waals surface area contributed by atoms with Crippen LogP contribution in [0.1, 0.15) is 18.4 Å². The Morgan fingerprint density at radius 2 is 1.89 bits per heavy atom. The van der Waals surface area contributed by atoms with Gasteiger partial charge in [-0.05, 0) is 38.0 Å². The monoisotopic (exact) mass is 518 g/mol. The first-order valence-electron chi connectivity index (χ1n) is 11.1. The zero-order valence-corrected chi connectivity index (χ0v) is 21.0. The van der Waals surface area contributed by atoms with Crippen LogP contribution in [0, 0.1) is 23.0 Å². The molecule has 0 spiro atoms. The number of carbonyl (C=O) groups excluding carboxylic acids is 1. The topological polar surface area (TPSA) is 124 Å². The number of methoxy groups -OCH3 is 1. The van der Waals surface area contributed by atoms with Crippen molar-refractivity contribution in [2.24, 2.45) is 10.9 Å². The molecule has 1 fully saturated rings. The number of aromatic nitrogens is 1. The van der Waals surface area contributed by atoms with Crippen molar-refractivity contribution in [3.8, 4) is 0 Å². The molecule has 3 aromatic rings. The van der Waals surface area contributed by atoms with Gasteiger partial charge in [0.1, 0.15) is 0 Å². The summed E-state index contributed by atoms with van der Waals surface area (Å²) < 4.78 is 35.0. The number of carbonyl (C=O) groups is 1. The van der Waals surface area contributed by atoms with Crippen LogP contribution in [0.4, 0.5) is 5.69 Å². The molecule has 1 saturated heterocycles. The Morgan fingerprint density at radius 1 is 1.20 bits per heavy atom. The van der Waals surface area contributed by atoms with E-state index in [9.17, 15) is 23.3 Å². The number of nitro benzene ring substituents is 1. The van der Waals surface area contributed by atoms with Gasteiger partial charge in [-0.1, -0.05) is 29.0 Å². The smallest absolute Gasteiger partial charge is 0.271 e. The molecular weight excluding hydrogens is 492 g/mol. The fourth-order valence-corrected chi connectivity index (χ4v) is 6.55. The lowest BCUT2D eigenvalue weighted by Crippen LogP contribution is -2.40. The highest BCUT2D eigenvalue weighted by molar-refractivity contribution is 7.89. The number of piperidine rings is 1. The summed E-state index contributed by atoms with van der Waals surface area (Å²) >= 11 is 1.28. The molecule has 1 amide bonds. The Hall–Kier alpha value is -2.93. The maximum absolute atomic E-state index is 13.0. The summed E-state index contributed by atoms with van der Waals surface area (Å²) in [5.41, 5.74) is 1.56. The number of thiazole rings is 1. The lowest BCUT2D eigenvalue weighted by molar-refractivity contribution is -0.384. The van der Waals surface area contributed by atoms with Crippen molar-refractivity contribution >= 4 is 43.2 Å². The molecule has 4 rings (SSSR count). The molecule has 2 heterocycles. The second-order valence-corrected chi connectivity index (χ2v) is 11.3. The van der Waals surface area contributed by atoms with E-state index in [1.165, 1.54) is 27.8 Å². The maximum Gasteiger partial charge on any atom is 0.271 e. The summed E-state index contributed by atoms with van der Waals surface area (Å²) in [7, 11) is -2.06. The van der Waals surface area contributed by atoms with E-state index in [-0.39, 0.29) is 29.6 Å². The van der Waals surface area contributed by atoms with E-state index in [1.54, 1.807) is 42.0 Å². The Bertz CT molecular complexity index is 1420. The van der Waals surface area contributed by atoms with Gasteiger partial charge >= 0.3 is 0 Å². The molecule has 0 bridgehead atoms.